The summed E-state index contributed by atoms with van der Waals surface area (Å²) in [5.74, 6) is 1.51. The van der Waals surface area contributed by atoms with E-state index < -0.39 is 5.41 Å². The highest BCUT2D eigenvalue weighted by atomic mass is 15.2. The Hall–Kier alpha value is -10.7. The molecule has 14 aromatic rings. The maximum absolute atomic E-state index is 11.1. The summed E-state index contributed by atoms with van der Waals surface area (Å²) < 4.78 is 4.85. The molecule has 0 amide bonds. The number of nitriles is 1. The quantitative estimate of drug-likeness (QED) is 0.166. The van der Waals surface area contributed by atoms with Gasteiger partial charge in [0, 0.05) is 55.3 Å². The molecule has 0 radical (unpaired) electrons. The molecule has 0 atom stereocenters. The Morgan fingerprint density at radius 2 is 0.705 bits per heavy atom. The van der Waals surface area contributed by atoms with Gasteiger partial charge in [-0.05, 0) is 112 Å². The van der Waals surface area contributed by atoms with Crippen LogP contribution < -0.4 is 4.90 Å². The summed E-state index contributed by atoms with van der Waals surface area (Å²) in [6, 6.07) is 95.4. The Morgan fingerprint density at radius 1 is 0.321 bits per heavy atom. The van der Waals surface area contributed by atoms with Crippen LogP contribution >= 0.6 is 0 Å². The van der Waals surface area contributed by atoms with Crippen LogP contribution in [0.3, 0.4) is 0 Å². The first-order valence-electron chi connectivity index (χ1n) is 26.3. The van der Waals surface area contributed by atoms with Gasteiger partial charge < -0.3 is 14.0 Å². The second kappa shape index (κ2) is 16.9. The lowest BCUT2D eigenvalue weighted by atomic mass is 9.64. The van der Waals surface area contributed by atoms with Crippen LogP contribution in [0.2, 0.25) is 0 Å². The molecular formula is C71H43N7. The van der Waals surface area contributed by atoms with Gasteiger partial charge >= 0.3 is 0 Å². The minimum absolute atomic E-state index is 0.434. The van der Waals surface area contributed by atoms with Crippen LogP contribution in [0.5, 0.6) is 0 Å². The number of anilines is 3. The summed E-state index contributed by atoms with van der Waals surface area (Å²) in [6.45, 7) is 0. The summed E-state index contributed by atoms with van der Waals surface area (Å²) >= 11 is 0. The fraction of sp³-hybridized carbons (Fsp3) is 0.0141. The van der Waals surface area contributed by atoms with Crippen molar-refractivity contribution in [2.45, 2.75) is 5.41 Å². The molecule has 2 aliphatic rings. The van der Waals surface area contributed by atoms with Crippen LogP contribution in [-0.2, 0) is 5.41 Å². The predicted octanol–water partition coefficient (Wildman–Crippen LogP) is 17.1. The number of rotatable bonds is 6. The number of hydrogen-bond acceptors (Lipinski definition) is 5. The Bertz CT molecular complexity index is 4450. The fourth-order valence-corrected chi connectivity index (χ4v) is 13.0. The van der Waals surface area contributed by atoms with E-state index in [9.17, 15) is 5.26 Å². The van der Waals surface area contributed by atoms with Crippen molar-refractivity contribution in [2.24, 2.45) is 0 Å². The normalized spacial score (nSPS) is 12.9. The van der Waals surface area contributed by atoms with Crippen molar-refractivity contribution in [1.29, 1.82) is 5.26 Å². The number of aromatic nitrogens is 5. The molecule has 1 spiro atoms. The van der Waals surface area contributed by atoms with Crippen LogP contribution in [0.4, 0.5) is 17.1 Å². The van der Waals surface area contributed by atoms with Crippen LogP contribution in [0.1, 0.15) is 27.8 Å². The summed E-state index contributed by atoms with van der Waals surface area (Å²) in [5, 5.41) is 16.0. The third-order valence-corrected chi connectivity index (χ3v) is 16.2. The molecule has 3 aromatic heterocycles. The number of benzene rings is 11. The average molecular weight is 994 g/mol. The molecule has 7 heteroatoms. The van der Waals surface area contributed by atoms with E-state index in [1.165, 1.54) is 65.9 Å². The molecule has 0 bridgehead atoms. The average Bonchev–Trinajstić information content (AvgIpc) is 3.37. The van der Waals surface area contributed by atoms with Gasteiger partial charge in [0.05, 0.1) is 50.5 Å². The Morgan fingerprint density at radius 3 is 1.15 bits per heavy atom. The van der Waals surface area contributed by atoms with E-state index in [0.717, 1.165) is 50.7 Å². The zero-order chi connectivity index (χ0) is 51.5. The maximum atomic E-state index is 11.1. The molecule has 362 valence electrons. The number of fused-ring (bicyclic) bond motifs is 15. The largest absolute Gasteiger partial charge is 0.310 e. The summed E-state index contributed by atoms with van der Waals surface area (Å²) in [7, 11) is 0. The van der Waals surface area contributed by atoms with Gasteiger partial charge in [-0.3, -0.25) is 0 Å². The van der Waals surface area contributed by atoms with Crippen molar-refractivity contribution >= 4 is 60.7 Å². The van der Waals surface area contributed by atoms with Gasteiger partial charge in [0.25, 0.3) is 0 Å². The van der Waals surface area contributed by atoms with Gasteiger partial charge in [-0.1, -0.05) is 182 Å². The molecule has 16 rings (SSSR count). The van der Waals surface area contributed by atoms with Crippen LogP contribution in [0.15, 0.2) is 261 Å². The molecule has 0 fully saturated rings. The summed E-state index contributed by atoms with van der Waals surface area (Å²) in [6.07, 6.45) is 0. The van der Waals surface area contributed by atoms with Gasteiger partial charge in [0.1, 0.15) is 0 Å². The second-order valence-electron chi connectivity index (χ2n) is 20.2. The molecule has 0 saturated carbocycles. The highest BCUT2D eigenvalue weighted by Gasteiger charge is 2.52. The molecule has 7 nitrogen and oxygen atoms in total. The van der Waals surface area contributed by atoms with Crippen LogP contribution in [0.25, 0.3) is 100 Å². The van der Waals surface area contributed by atoms with E-state index in [0.29, 0.717) is 28.6 Å². The topological polar surface area (TPSA) is 75.6 Å². The summed E-state index contributed by atoms with van der Waals surface area (Å²) in [5.41, 5.74) is 19.0. The Labute approximate surface area is 449 Å². The third kappa shape index (κ3) is 6.23. The SMILES string of the molecule is N#Cc1cc(N2c3ccccc3C3(c4ccc(-n5c6ccccc6c6ccccc65)cc4-c4cc(-n5c6ccccc6c6ccccc65)ccc43)c3ccccc32)ccc1-c1nc(-c2ccccc2)nc(-c2ccccc2)n1. The highest BCUT2D eigenvalue weighted by molar-refractivity contribution is 6.11. The minimum Gasteiger partial charge on any atom is -0.310 e. The number of para-hydroxylation sites is 6. The maximum Gasteiger partial charge on any atom is 0.165 e. The number of nitrogens with zero attached hydrogens (tertiary/aromatic N) is 7. The smallest absolute Gasteiger partial charge is 0.165 e. The van der Waals surface area contributed by atoms with Gasteiger partial charge in [-0.2, -0.15) is 5.26 Å². The first-order valence-corrected chi connectivity index (χ1v) is 26.3. The van der Waals surface area contributed by atoms with Crippen molar-refractivity contribution in [3.8, 4) is 62.7 Å². The van der Waals surface area contributed by atoms with E-state index in [1.54, 1.807) is 0 Å². The molecule has 1 aliphatic heterocycles. The molecule has 11 aromatic carbocycles. The molecule has 0 saturated heterocycles. The van der Waals surface area contributed by atoms with Crippen LogP contribution in [0, 0.1) is 11.3 Å². The molecule has 78 heavy (non-hydrogen) atoms. The van der Waals surface area contributed by atoms with Gasteiger partial charge in [0.15, 0.2) is 17.5 Å². The van der Waals surface area contributed by atoms with Gasteiger partial charge in [-0.15, -0.1) is 0 Å². The zero-order valence-electron chi connectivity index (χ0n) is 42.0. The lowest BCUT2D eigenvalue weighted by molar-refractivity contribution is 0.752. The van der Waals surface area contributed by atoms with E-state index in [-0.39, 0.29) is 0 Å². The van der Waals surface area contributed by atoms with Crippen molar-refractivity contribution in [3.05, 3.63) is 289 Å². The van der Waals surface area contributed by atoms with E-state index in [2.05, 4.69) is 208 Å². The fourth-order valence-electron chi connectivity index (χ4n) is 13.0. The molecule has 4 heterocycles. The third-order valence-electron chi connectivity index (χ3n) is 16.2. The second-order valence-corrected chi connectivity index (χ2v) is 20.2. The summed E-state index contributed by atoms with van der Waals surface area (Å²) in [4.78, 5) is 17.3. The van der Waals surface area contributed by atoms with Crippen molar-refractivity contribution in [3.63, 3.8) is 0 Å². The minimum atomic E-state index is -0.725. The predicted molar refractivity (Wildman–Crippen MR) is 315 cm³/mol. The van der Waals surface area contributed by atoms with Crippen molar-refractivity contribution in [1.82, 2.24) is 24.1 Å². The van der Waals surface area contributed by atoms with Crippen molar-refractivity contribution in [2.75, 3.05) is 4.90 Å². The first kappa shape index (κ1) is 43.7. The van der Waals surface area contributed by atoms with E-state index >= 15 is 0 Å². The number of hydrogen-bond donors (Lipinski definition) is 0. The molecule has 1 aliphatic carbocycles. The van der Waals surface area contributed by atoms with Crippen LogP contribution in [-0.4, -0.2) is 24.1 Å². The van der Waals surface area contributed by atoms with E-state index in [4.69, 9.17) is 15.0 Å². The molecule has 0 N–H and O–H groups in total. The standard InChI is InChI=1S/C71H43N7/c72-44-47-41-48(35-38-51(47)70-74-68(45-19-3-1-4-20-45)73-69(75-70)46-21-5-2-6-22-46)78-66-33-17-11-27-60(66)71(61-28-12-18-34-67(61)78)58-39-36-49(76-62-29-13-7-23-52(62)53-24-8-14-30-63(53)76)42-56(58)57-43-50(37-40-59(57)71)77-64-31-15-9-25-54(64)55-26-10-16-32-65(55)77/h1-43H. The first-order chi connectivity index (χ1) is 38.7. The van der Waals surface area contributed by atoms with Gasteiger partial charge in [-0.25, -0.2) is 15.0 Å². The lowest BCUT2D eigenvalue weighted by Crippen LogP contribution is -2.36. The Balaban J connectivity index is 0.918. The Kier molecular flexibility index (Phi) is 9.48. The highest BCUT2D eigenvalue weighted by Crippen LogP contribution is 2.64. The zero-order valence-corrected chi connectivity index (χ0v) is 42.0. The van der Waals surface area contributed by atoms with Gasteiger partial charge in [0.2, 0.25) is 0 Å². The lowest BCUT2D eigenvalue weighted by Gasteiger charge is -2.45. The molecule has 0 unspecified atom stereocenters. The molecular weight excluding hydrogens is 951 g/mol. The van der Waals surface area contributed by atoms with E-state index in [1.807, 2.05) is 72.8 Å². The van der Waals surface area contributed by atoms with Crippen molar-refractivity contribution < 1.29 is 0 Å². The monoisotopic (exact) mass is 993 g/mol.